The van der Waals surface area contributed by atoms with Gasteiger partial charge in [-0.15, -0.1) is 10.2 Å². The van der Waals surface area contributed by atoms with Crippen LogP contribution in [-0.2, 0) is 9.59 Å². The molecule has 1 saturated heterocycles. The van der Waals surface area contributed by atoms with Crippen LogP contribution in [0.3, 0.4) is 0 Å². The molecule has 24 heavy (non-hydrogen) atoms. The zero-order chi connectivity index (χ0) is 17.5. The maximum atomic E-state index is 12.0. The van der Waals surface area contributed by atoms with Gasteiger partial charge in [0, 0.05) is 33.1 Å². The predicted molar refractivity (Wildman–Crippen MR) is 95.6 cm³/mol. The minimum absolute atomic E-state index is 0.0429. The number of rotatable bonds is 9. The highest BCUT2D eigenvalue weighted by Crippen LogP contribution is 2.29. The first kappa shape index (κ1) is 18.6. The van der Waals surface area contributed by atoms with E-state index in [9.17, 15) is 9.59 Å². The molecule has 1 N–H and O–H groups in total. The van der Waals surface area contributed by atoms with Crippen molar-refractivity contribution in [1.82, 2.24) is 20.4 Å². The van der Waals surface area contributed by atoms with E-state index >= 15 is 0 Å². The van der Waals surface area contributed by atoms with Gasteiger partial charge >= 0.3 is 0 Å². The van der Waals surface area contributed by atoms with Crippen molar-refractivity contribution in [1.29, 1.82) is 0 Å². The number of nitrogens with zero attached hydrogens (tertiary/aromatic N) is 5. The Bertz CT molecular complexity index is 560. The van der Waals surface area contributed by atoms with Crippen LogP contribution in [-0.4, -0.2) is 73.2 Å². The summed E-state index contributed by atoms with van der Waals surface area (Å²) in [5.74, 6) is 0.0492. The standard InChI is InChI=1S/C15H26N6O2S/c1-4-20(5-2)10-8-16-12(22)11-19(3)14-17-18-15(24-14)21-9-6-7-13(21)23/h4-11H2,1-3H3,(H,16,22). The number of hydrogen-bond acceptors (Lipinski definition) is 7. The first-order chi connectivity index (χ1) is 11.5. The molecule has 0 radical (unpaired) electrons. The monoisotopic (exact) mass is 354 g/mol. The summed E-state index contributed by atoms with van der Waals surface area (Å²) in [6.07, 6.45) is 1.43. The van der Waals surface area contributed by atoms with E-state index in [0.717, 1.165) is 26.1 Å². The highest BCUT2D eigenvalue weighted by molar-refractivity contribution is 7.19. The van der Waals surface area contributed by atoms with E-state index in [4.69, 9.17) is 0 Å². The summed E-state index contributed by atoms with van der Waals surface area (Å²) in [6.45, 7) is 8.59. The van der Waals surface area contributed by atoms with Crippen LogP contribution < -0.4 is 15.1 Å². The summed E-state index contributed by atoms with van der Waals surface area (Å²) in [5.41, 5.74) is 0. The molecule has 1 aromatic heterocycles. The fourth-order valence-electron chi connectivity index (χ4n) is 2.55. The van der Waals surface area contributed by atoms with E-state index < -0.39 is 0 Å². The Hall–Kier alpha value is -1.74. The van der Waals surface area contributed by atoms with Gasteiger partial charge in [-0.2, -0.15) is 0 Å². The summed E-state index contributed by atoms with van der Waals surface area (Å²) < 4.78 is 0. The van der Waals surface area contributed by atoms with E-state index in [2.05, 4.69) is 34.3 Å². The van der Waals surface area contributed by atoms with Crippen LogP contribution in [0.1, 0.15) is 26.7 Å². The molecule has 0 aromatic carbocycles. The van der Waals surface area contributed by atoms with Crippen LogP contribution in [0.5, 0.6) is 0 Å². The van der Waals surface area contributed by atoms with Crippen LogP contribution in [0.4, 0.5) is 10.3 Å². The molecular weight excluding hydrogens is 328 g/mol. The molecule has 1 aromatic rings. The second-order valence-electron chi connectivity index (χ2n) is 5.75. The molecule has 0 unspecified atom stereocenters. The van der Waals surface area contributed by atoms with Gasteiger partial charge in [0.25, 0.3) is 0 Å². The number of carbonyl (C=O) groups is 2. The van der Waals surface area contributed by atoms with Crippen molar-refractivity contribution in [2.75, 3.05) is 56.1 Å². The van der Waals surface area contributed by atoms with Crippen molar-refractivity contribution in [3.05, 3.63) is 0 Å². The fourth-order valence-corrected chi connectivity index (χ4v) is 3.40. The summed E-state index contributed by atoms with van der Waals surface area (Å²) in [4.78, 5) is 29.4. The molecule has 0 saturated carbocycles. The van der Waals surface area contributed by atoms with Gasteiger partial charge in [0.2, 0.25) is 22.1 Å². The summed E-state index contributed by atoms with van der Waals surface area (Å²) in [7, 11) is 1.81. The van der Waals surface area contributed by atoms with E-state index in [1.54, 1.807) is 16.8 Å². The second kappa shape index (κ2) is 8.93. The van der Waals surface area contributed by atoms with Crippen LogP contribution in [0.25, 0.3) is 0 Å². The quantitative estimate of drug-likeness (QED) is 0.698. The third-order valence-electron chi connectivity index (χ3n) is 4.06. The van der Waals surface area contributed by atoms with Crippen molar-refractivity contribution in [3.8, 4) is 0 Å². The number of likely N-dealkylation sites (N-methyl/N-ethyl adjacent to an activating group) is 2. The number of aromatic nitrogens is 2. The highest BCUT2D eigenvalue weighted by Gasteiger charge is 2.25. The number of amides is 2. The molecule has 9 heteroatoms. The molecule has 2 rings (SSSR count). The SMILES string of the molecule is CCN(CC)CCNC(=O)CN(C)c1nnc(N2CCCC2=O)s1. The summed E-state index contributed by atoms with van der Waals surface area (Å²) in [5, 5.41) is 12.3. The normalized spacial score (nSPS) is 14.5. The molecular formula is C15H26N6O2S. The van der Waals surface area contributed by atoms with Crippen molar-refractivity contribution in [2.24, 2.45) is 0 Å². The highest BCUT2D eigenvalue weighted by atomic mass is 32.1. The van der Waals surface area contributed by atoms with Gasteiger partial charge in [-0.05, 0) is 19.5 Å². The fraction of sp³-hybridized carbons (Fsp3) is 0.733. The van der Waals surface area contributed by atoms with Crippen LogP contribution in [0.2, 0.25) is 0 Å². The smallest absolute Gasteiger partial charge is 0.239 e. The van der Waals surface area contributed by atoms with E-state index in [1.165, 1.54) is 11.3 Å². The maximum absolute atomic E-state index is 12.0. The zero-order valence-electron chi connectivity index (χ0n) is 14.6. The van der Waals surface area contributed by atoms with Crippen LogP contribution >= 0.6 is 11.3 Å². The predicted octanol–water partition coefficient (Wildman–Crippen LogP) is 0.559. The summed E-state index contributed by atoms with van der Waals surface area (Å²) in [6, 6.07) is 0. The van der Waals surface area contributed by atoms with Gasteiger partial charge in [0.1, 0.15) is 0 Å². The summed E-state index contributed by atoms with van der Waals surface area (Å²) >= 11 is 1.34. The molecule has 2 amide bonds. The van der Waals surface area contributed by atoms with Gasteiger partial charge in [0.15, 0.2) is 0 Å². The molecule has 0 aliphatic carbocycles. The van der Waals surface area contributed by atoms with Gasteiger partial charge in [-0.25, -0.2) is 0 Å². The molecule has 134 valence electrons. The topological polar surface area (TPSA) is 81.7 Å². The number of carbonyl (C=O) groups excluding carboxylic acids is 2. The Morgan fingerprint density at radius 3 is 2.71 bits per heavy atom. The van der Waals surface area contributed by atoms with Gasteiger partial charge in [0.05, 0.1) is 6.54 Å². The Kier molecular flexibility index (Phi) is 6.92. The minimum Gasteiger partial charge on any atom is -0.353 e. The van der Waals surface area contributed by atoms with Crippen LogP contribution in [0.15, 0.2) is 0 Å². The first-order valence-corrected chi connectivity index (χ1v) is 9.20. The largest absolute Gasteiger partial charge is 0.353 e. The second-order valence-corrected chi connectivity index (χ2v) is 6.68. The average molecular weight is 354 g/mol. The molecule has 0 atom stereocenters. The molecule has 1 aliphatic rings. The van der Waals surface area contributed by atoms with Crippen LogP contribution in [0, 0.1) is 0 Å². The lowest BCUT2D eigenvalue weighted by Crippen LogP contribution is -2.39. The molecule has 0 bridgehead atoms. The Morgan fingerprint density at radius 2 is 2.08 bits per heavy atom. The van der Waals surface area contributed by atoms with Gasteiger partial charge in [-0.3, -0.25) is 14.5 Å². The van der Waals surface area contributed by atoms with Crippen molar-refractivity contribution < 1.29 is 9.59 Å². The average Bonchev–Trinajstić information content (AvgIpc) is 3.20. The third-order valence-corrected chi connectivity index (χ3v) is 5.12. The molecule has 0 spiro atoms. The van der Waals surface area contributed by atoms with Gasteiger partial charge < -0.3 is 15.1 Å². The minimum atomic E-state index is -0.0429. The Morgan fingerprint density at radius 1 is 1.33 bits per heavy atom. The van der Waals surface area contributed by atoms with Gasteiger partial charge in [-0.1, -0.05) is 25.2 Å². The first-order valence-electron chi connectivity index (χ1n) is 8.39. The maximum Gasteiger partial charge on any atom is 0.239 e. The zero-order valence-corrected chi connectivity index (χ0v) is 15.4. The Balaban J connectivity index is 1.79. The molecule has 2 heterocycles. The van der Waals surface area contributed by atoms with E-state index in [1.807, 2.05) is 0 Å². The third kappa shape index (κ3) is 4.88. The Labute approximate surface area is 146 Å². The molecule has 1 aliphatic heterocycles. The lowest BCUT2D eigenvalue weighted by molar-refractivity contribution is -0.120. The van der Waals surface area contributed by atoms with Crippen molar-refractivity contribution in [3.63, 3.8) is 0 Å². The number of anilines is 2. The van der Waals surface area contributed by atoms with E-state index in [0.29, 0.717) is 29.8 Å². The lowest BCUT2D eigenvalue weighted by Gasteiger charge is -2.19. The molecule has 1 fully saturated rings. The number of nitrogens with one attached hydrogen (secondary N) is 1. The lowest BCUT2D eigenvalue weighted by atomic mass is 10.4. The van der Waals surface area contributed by atoms with Crippen molar-refractivity contribution >= 4 is 33.4 Å². The van der Waals surface area contributed by atoms with Crippen molar-refractivity contribution in [2.45, 2.75) is 26.7 Å². The van der Waals surface area contributed by atoms with E-state index in [-0.39, 0.29) is 18.4 Å². The number of hydrogen-bond donors (Lipinski definition) is 1. The molecule has 8 nitrogen and oxygen atoms in total.